The van der Waals surface area contributed by atoms with Gasteiger partial charge in [0.25, 0.3) is 0 Å². The molecule has 0 aliphatic rings. The van der Waals surface area contributed by atoms with E-state index in [2.05, 4.69) is 0 Å². The number of nitrogens with zero attached hydrogens (tertiary/aromatic N) is 1. The lowest BCUT2D eigenvalue weighted by atomic mass is 9.90. The zero-order valence-electron chi connectivity index (χ0n) is 15.1. The average Bonchev–Trinajstić information content (AvgIpc) is 2.57. The van der Waals surface area contributed by atoms with Gasteiger partial charge in [0, 0.05) is 12.5 Å². The molecular weight excluding hydrogens is 318 g/mol. The Morgan fingerprint density at radius 3 is 2.00 bits per heavy atom. The van der Waals surface area contributed by atoms with Crippen molar-refractivity contribution in [2.75, 3.05) is 7.05 Å². The Balaban J connectivity index is 2.13. The summed E-state index contributed by atoms with van der Waals surface area (Å²) in [5.74, 6) is 0.627. The largest absolute Gasteiger partial charge is 0.508 e. The van der Waals surface area contributed by atoms with Crippen molar-refractivity contribution in [3.63, 3.8) is 0 Å². The summed E-state index contributed by atoms with van der Waals surface area (Å²) in [5.41, 5.74) is -0.0523. The van der Waals surface area contributed by atoms with Gasteiger partial charge in [-0.25, -0.2) is 0 Å². The lowest BCUT2D eigenvalue weighted by molar-refractivity contribution is -0.150. The fourth-order valence-corrected chi connectivity index (χ4v) is 2.64. The molecule has 2 rings (SSSR count). The predicted molar refractivity (Wildman–Crippen MR) is 97.3 cm³/mol. The molecule has 0 heterocycles. The van der Waals surface area contributed by atoms with Gasteiger partial charge in [-0.1, -0.05) is 12.1 Å². The molecule has 0 aromatic heterocycles. The molecule has 0 saturated carbocycles. The zero-order valence-corrected chi connectivity index (χ0v) is 15.1. The SMILES string of the molecule is CC(C)N(C)[C@@](C)(Cc1ccc(Oc2ccc(O)cc2)cc1)C(=O)O. The number of carboxylic acid groups (broad SMARTS) is 1. The van der Waals surface area contributed by atoms with Gasteiger partial charge >= 0.3 is 5.97 Å². The molecular formula is C20H25NO4. The Hall–Kier alpha value is -2.53. The van der Waals surface area contributed by atoms with Gasteiger partial charge in [0.15, 0.2) is 0 Å². The maximum absolute atomic E-state index is 11.8. The molecule has 5 nitrogen and oxygen atoms in total. The Labute approximate surface area is 148 Å². The second-order valence-corrected chi connectivity index (χ2v) is 6.70. The standard InChI is InChI=1S/C20H25NO4/c1-14(2)21(4)20(3,19(23)24)13-15-5-9-17(10-6-15)25-18-11-7-16(22)8-12-18/h5-12,14,22H,13H2,1-4H3,(H,23,24)/t20-/m0/s1. The van der Waals surface area contributed by atoms with Crippen molar-refractivity contribution in [3.05, 3.63) is 54.1 Å². The molecule has 0 unspecified atom stereocenters. The van der Waals surface area contributed by atoms with Crippen LogP contribution < -0.4 is 4.74 Å². The van der Waals surface area contributed by atoms with Crippen molar-refractivity contribution in [2.24, 2.45) is 0 Å². The topological polar surface area (TPSA) is 70.0 Å². The Morgan fingerprint density at radius 1 is 1.08 bits per heavy atom. The fraction of sp³-hybridized carbons (Fsp3) is 0.350. The van der Waals surface area contributed by atoms with Crippen LogP contribution in [0.25, 0.3) is 0 Å². The number of likely N-dealkylation sites (N-methyl/N-ethyl adjacent to an activating group) is 1. The van der Waals surface area contributed by atoms with Crippen LogP contribution in [0.1, 0.15) is 26.3 Å². The number of carboxylic acids is 1. The number of ether oxygens (including phenoxy) is 1. The van der Waals surface area contributed by atoms with Gasteiger partial charge in [-0.2, -0.15) is 0 Å². The molecule has 2 N–H and O–H groups in total. The highest BCUT2D eigenvalue weighted by Gasteiger charge is 2.38. The number of aromatic hydroxyl groups is 1. The Bertz CT molecular complexity index is 709. The molecule has 5 heteroatoms. The van der Waals surface area contributed by atoms with Crippen LogP contribution in [0.15, 0.2) is 48.5 Å². The van der Waals surface area contributed by atoms with E-state index in [1.807, 2.05) is 50.1 Å². The van der Waals surface area contributed by atoms with Gasteiger partial charge in [-0.3, -0.25) is 9.69 Å². The van der Waals surface area contributed by atoms with Crippen LogP contribution in [0.2, 0.25) is 0 Å². The van der Waals surface area contributed by atoms with E-state index in [9.17, 15) is 15.0 Å². The number of phenols is 1. The predicted octanol–water partition coefficient (Wildman–Crippen LogP) is 3.91. The van der Waals surface area contributed by atoms with Gasteiger partial charge in [0.2, 0.25) is 0 Å². The third kappa shape index (κ3) is 4.51. The normalized spacial score (nSPS) is 13.7. The summed E-state index contributed by atoms with van der Waals surface area (Å²) in [6.07, 6.45) is 0.399. The summed E-state index contributed by atoms with van der Waals surface area (Å²) in [4.78, 5) is 13.7. The first-order valence-corrected chi connectivity index (χ1v) is 8.24. The van der Waals surface area contributed by atoms with Gasteiger partial charge in [-0.15, -0.1) is 0 Å². The number of phenolic OH excluding ortho intramolecular Hbond substituents is 1. The van der Waals surface area contributed by atoms with E-state index in [-0.39, 0.29) is 11.8 Å². The monoisotopic (exact) mass is 343 g/mol. The summed E-state index contributed by atoms with van der Waals surface area (Å²) in [6, 6.07) is 14.0. The molecule has 2 aromatic carbocycles. The minimum atomic E-state index is -0.979. The number of hydrogen-bond acceptors (Lipinski definition) is 4. The van der Waals surface area contributed by atoms with E-state index in [0.29, 0.717) is 17.9 Å². The second kappa shape index (κ2) is 7.57. The molecule has 0 saturated heterocycles. The van der Waals surface area contributed by atoms with Gasteiger partial charge in [0.1, 0.15) is 22.8 Å². The van der Waals surface area contributed by atoms with E-state index >= 15 is 0 Å². The van der Waals surface area contributed by atoms with Gasteiger partial charge < -0.3 is 14.9 Å². The van der Waals surface area contributed by atoms with Crippen LogP contribution >= 0.6 is 0 Å². The molecule has 0 amide bonds. The van der Waals surface area contributed by atoms with E-state index in [4.69, 9.17) is 4.74 Å². The third-order valence-electron chi connectivity index (χ3n) is 4.56. The summed E-state index contributed by atoms with van der Waals surface area (Å²) in [6.45, 7) is 5.71. The number of hydrogen-bond donors (Lipinski definition) is 2. The molecule has 0 fully saturated rings. The smallest absolute Gasteiger partial charge is 0.324 e. The van der Waals surface area contributed by atoms with Crippen molar-refractivity contribution in [3.8, 4) is 17.2 Å². The Morgan fingerprint density at radius 2 is 1.56 bits per heavy atom. The minimum absolute atomic E-state index is 0.123. The van der Waals surface area contributed by atoms with Crippen molar-refractivity contribution in [1.29, 1.82) is 0 Å². The number of carbonyl (C=O) groups is 1. The quantitative estimate of drug-likeness (QED) is 0.797. The van der Waals surface area contributed by atoms with Crippen LogP contribution in [0.3, 0.4) is 0 Å². The lowest BCUT2D eigenvalue weighted by Gasteiger charge is -2.38. The second-order valence-electron chi connectivity index (χ2n) is 6.70. The molecule has 1 atom stereocenters. The fourth-order valence-electron chi connectivity index (χ4n) is 2.64. The lowest BCUT2D eigenvalue weighted by Crippen LogP contribution is -2.54. The van der Waals surface area contributed by atoms with E-state index in [1.165, 1.54) is 0 Å². The first-order chi connectivity index (χ1) is 11.7. The number of rotatable bonds is 7. The van der Waals surface area contributed by atoms with Crippen molar-refractivity contribution >= 4 is 5.97 Å². The zero-order chi connectivity index (χ0) is 18.6. The van der Waals surface area contributed by atoms with Crippen molar-refractivity contribution < 1.29 is 19.7 Å². The first-order valence-electron chi connectivity index (χ1n) is 8.24. The molecule has 0 radical (unpaired) electrons. The summed E-state index contributed by atoms with van der Waals surface area (Å²) < 4.78 is 5.71. The molecule has 134 valence electrons. The number of aliphatic carboxylic acids is 1. The summed E-state index contributed by atoms with van der Waals surface area (Å²) in [5, 5.41) is 19.0. The molecule has 25 heavy (non-hydrogen) atoms. The van der Waals surface area contributed by atoms with E-state index in [1.54, 1.807) is 31.2 Å². The van der Waals surface area contributed by atoms with E-state index in [0.717, 1.165) is 5.56 Å². The van der Waals surface area contributed by atoms with Crippen LogP contribution in [0.4, 0.5) is 0 Å². The molecule has 0 aliphatic heterocycles. The summed E-state index contributed by atoms with van der Waals surface area (Å²) in [7, 11) is 1.83. The van der Waals surface area contributed by atoms with Crippen LogP contribution in [0.5, 0.6) is 17.2 Å². The van der Waals surface area contributed by atoms with Crippen molar-refractivity contribution in [2.45, 2.75) is 38.8 Å². The average molecular weight is 343 g/mol. The van der Waals surface area contributed by atoms with Crippen LogP contribution in [0, 0.1) is 0 Å². The Kier molecular flexibility index (Phi) is 5.69. The molecule has 0 bridgehead atoms. The first kappa shape index (κ1) is 18.8. The van der Waals surface area contributed by atoms with Gasteiger partial charge in [0.05, 0.1) is 0 Å². The summed E-state index contributed by atoms with van der Waals surface area (Å²) >= 11 is 0. The highest BCUT2D eigenvalue weighted by molar-refractivity contribution is 5.78. The van der Waals surface area contributed by atoms with Crippen molar-refractivity contribution in [1.82, 2.24) is 4.90 Å². The van der Waals surface area contributed by atoms with Crippen LogP contribution in [-0.4, -0.2) is 39.7 Å². The maximum atomic E-state index is 11.8. The third-order valence-corrected chi connectivity index (χ3v) is 4.56. The molecule has 0 aliphatic carbocycles. The molecule has 2 aromatic rings. The molecule has 0 spiro atoms. The minimum Gasteiger partial charge on any atom is -0.508 e. The van der Waals surface area contributed by atoms with Gasteiger partial charge in [-0.05, 0) is 69.8 Å². The van der Waals surface area contributed by atoms with Crippen LogP contribution in [-0.2, 0) is 11.2 Å². The maximum Gasteiger partial charge on any atom is 0.324 e. The number of benzene rings is 2. The highest BCUT2D eigenvalue weighted by Crippen LogP contribution is 2.26. The highest BCUT2D eigenvalue weighted by atomic mass is 16.5. The van der Waals surface area contributed by atoms with E-state index < -0.39 is 11.5 Å².